The average Bonchev–Trinajstić information content (AvgIpc) is 2.28. The molecule has 1 nitrogen and oxygen atoms in total. The van der Waals surface area contributed by atoms with Crippen molar-refractivity contribution in [2.75, 3.05) is 6.54 Å². The van der Waals surface area contributed by atoms with Crippen molar-refractivity contribution in [3.8, 4) is 12.3 Å². The molecule has 0 aliphatic carbocycles. The van der Waals surface area contributed by atoms with Gasteiger partial charge >= 0.3 is 0 Å². The van der Waals surface area contributed by atoms with Crippen LogP contribution >= 0.6 is 11.6 Å². The summed E-state index contributed by atoms with van der Waals surface area (Å²) >= 11 is 6.09. The summed E-state index contributed by atoms with van der Waals surface area (Å²) in [5.74, 6) is 2.70. The van der Waals surface area contributed by atoms with Crippen molar-refractivity contribution >= 4 is 11.6 Å². The summed E-state index contributed by atoms with van der Waals surface area (Å²) < 4.78 is 0. The first-order chi connectivity index (χ1) is 8.17. The molecule has 0 saturated carbocycles. The highest BCUT2D eigenvalue weighted by Crippen LogP contribution is 2.23. The van der Waals surface area contributed by atoms with Crippen molar-refractivity contribution in [3.05, 3.63) is 34.3 Å². The Labute approximate surface area is 110 Å². The highest BCUT2D eigenvalue weighted by Gasteiger charge is 2.10. The largest absolute Gasteiger partial charge is 0.310 e. The molecule has 17 heavy (non-hydrogen) atoms. The molecule has 0 aliphatic heterocycles. The van der Waals surface area contributed by atoms with E-state index in [2.05, 4.69) is 31.2 Å². The van der Waals surface area contributed by atoms with Crippen LogP contribution < -0.4 is 5.32 Å². The molecular formula is C15H20ClN. The molecule has 1 N–H and O–H groups in total. The number of rotatable bonds is 6. The van der Waals surface area contributed by atoms with Gasteiger partial charge in [-0.2, -0.15) is 0 Å². The molecule has 92 valence electrons. The number of nitrogens with one attached hydrogen (secondary N) is 1. The average molecular weight is 250 g/mol. The summed E-state index contributed by atoms with van der Waals surface area (Å²) in [6.45, 7) is 5.22. The van der Waals surface area contributed by atoms with Gasteiger partial charge in [0, 0.05) is 17.5 Å². The third-order valence-electron chi connectivity index (χ3n) is 2.68. The molecule has 1 aromatic rings. The van der Waals surface area contributed by atoms with E-state index in [9.17, 15) is 0 Å². The lowest BCUT2D eigenvalue weighted by Crippen LogP contribution is -2.22. The lowest BCUT2D eigenvalue weighted by atomic mass is 10.00. The van der Waals surface area contributed by atoms with E-state index in [1.807, 2.05) is 12.1 Å². The van der Waals surface area contributed by atoms with Crippen molar-refractivity contribution in [2.24, 2.45) is 0 Å². The molecule has 0 heterocycles. The highest BCUT2D eigenvalue weighted by molar-refractivity contribution is 6.30. The Morgan fingerprint density at radius 1 is 1.41 bits per heavy atom. The zero-order valence-electron chi connectivity index (χ0n) is 10.6. The summed E-state index contributed by atoms with van der Waals surface area (Å²) in [6, 6.07) is 6.49. The van der Waals surface area contributed by atoms with Crippen LogP contribution in [-0.2, 0) is 0 Å². The van der Waals surface area contributed by atoms with Crippen LogP contribution in [0.1, 0.15) is 43.4 Å². The molecular weight excluding hydrogens is 230 g/mol. The third kappa shape index (κ3) is 4.81. The fourth-order valence-corrected chi connectivity index (χ4v) is 2.20. The van der Waals surface area contributed by atoms with E-state index in [4.69, 9.17) is 18.0 Å². The number of hydrogen-bond donors (Lipinski definition) is 1. The van der Waals surface area contributed by atoms with Crippen LogP contribution in [0, 0.1) is 19.3 Å². The van der Waals surface area contributed by atoms with E-state index in [0.29, 0.717) is 6.04 Å². The molecule has 2 heteroatoms. The van der Waals surface area contributed by atoms with Gasteiger partial charge in [0.1, 0.15) is 0 Å². The fraction of sp³-hybridized carbons (Fsp3) is 0.467. The third-order valence-corrected chi connectivity index (χ3v) is 2.90. The number of hydrogen-bond acceptors (Lipinski definition) is 1. The second-order valence-corrected chi connectivity index (χ2v) is 4.75. The lowest BCUT2D eigenvalue weighted by Gasteiger charge is -2.19. The predicted molar refractivity (Wildman–Crippen MR) is 75.3 cm³/mol. The quantitative estimate of drug-likeness (QED) is 0.749. The lowest BCUT2D eigenvalue weighted by molar-refractivity contribution is 0.505. The number of terminal acetylenes is 1. The highest BCUT2D eigenvalue weighted by atomic mass is 35.5. The van der Waals surface area contributed by atoms with Gasteiger partial charge in [-0.05, 0) is 49.6 Å². The predicted octanol–water partition coefficient (Wildman–Crippen LogP) is 4.10. The van der Waals surface area contributed by atoms with Crippen LogP contribution in [0.15, 0.2) is 18.2 Å². The molecule has 0 amide bonds. The molecule has 0 radical (unpaired) electrons. The molecule has 1 aromatic carbocycles. The maximum absolute atomic E-state index is 6.09. The minimum atomic E-state index is 0.309. The Morgan fingerprint density at radius 2 is 2.18 bits per heavy atom. The van der Waals surface area contributed by atoms with E-state index in [1.165, 1.54) is 11.1 Å². The molecule has 0 spiro atoms. The zero-order chi connectivity index (χ0) is 12.7. The SMILES string of the molecule is C#CCCC(NCCC)c1cc(C)cc(Cl)c1. The van der Waals surface area contributed by atoms with Crippen molar-refractivity contribution in [3.63, 3.8) is 0 Å². The van der Waals surface area contributed by atoms with Crippen molar-refractivity contribution < 1.29 is 0 Å². The Morgan fingerprint density at radius 3 is 2.76 bits per heavy atom. The second-order valence-electron chi connectivity index (χ2n) is 4.31. The maximum atomic E-state index is 6.09. The fourth-order valence-electron chi connectivity index (χ4n) is 1.90. The van der Waals surface area contributed by atoms with Crippen LogP contribution in [0.2, 0.25) is 5.02 Å². The van der Waals surface area contributed by atoms with Crippen LogP contribution in [0.25, 0.3) is 0 Å². The van der Waals surface area contributed by atoms with Gasteiger partial charge in [-0.25, -0.2) is 0 Å². The summed E-state index contributed by atoms with van der Waals surface area (Å²) in [4.78, 5) is 0. The maximum Gasteiger partial charge on any atom is 0.0411 e. The Hall–Kier alpha value is -0.970. The Kier molecular flexibility index (Phi) is 6.11. The van der Waals surface area contributed by atoms with Gasteiger partial charge in [-0.3, -0.25) is 0 Å². The minimum absolute atomic E-state index is 0.309. The number of aryl methyl sites for hydroxylation is 1. The van der Waals surface area contributed by atoms with Gasteiger partial charge in [0.25, 0.3) is 0 Å². The molecule has 0 fully saturated rings. The summed E-state index contributed by atoms with van der Waals surface area (Å²) in [5.41, 5.74) is 2.43. The summed E-state index contributed by atoms with van der Waals surface area (Å²) in [6.07, 6.45) is 8.20. The van der Waals surface area contributed by atoms with Crippen LogP contribution in [0.4, 0.5) is 0 Å². The molecule has 1 atom stereocenters. The topological polar surface area (TPSA) is 12.0 Å². The number of benzene rings is 1. The van der Waals surface area contributed by atoms with Crippen molar-refractivity contribution in [1.82, 2.24) is 5.32 Å². The van der Waals surface area contributed by atoms with Gasteiger partial charge in [0.2, 0.25) is 0 Å². The smallest absolute Gasteiger partial charge is 0.0411 e. The molecule has 0 aromatic heterocycles. The van der Waals surface area contributed by atoms with Gasteiger partial charge in [0.15, 0.2) is 0 Å². The second kappa shape index (κ2) is 7.37. The molecule has 0 aliphatic rings. The number of halogens is 1. The summed E-state index contributed by atoms with van der Waals surface area (Å²) in [5, 5.41) is 4.32. The van der Waals surface area contributed by atoms with Gasteiger partial charge in [-0.15, -0.1) is 12.3 Å². The van der Waals surface area contributed by atoms with Gasteiger partial charge in [-0.1, -0.05) is 24.6 Å². The minimum Gasteiger partial charge on any atom is -0.310 e. The Bertz CT molecular complexity index is 372. The van der Waals surface area contributed by atoms with E-state index in [0.717, 1.165) is 30.8 Å². The molecule has 1 rings (SSSR count). The van der Waals surface area contributed by atoms with E-state index < -0.39 is 0 Å². The first kappa shape index (κ1) is 14.1. The first-order valence-electron chi connectivity index (χ1n) is 6.11. The van der Waals surface area contributed by atoms with E-state index >= 15 is 0 Å². The van der Waals surface area contributed by atoms with Crippen LogP contribution in [0.5, 0.6) is 0 Å². The molecule has 0 saturated heterocycles. The first-order valence-corrected chi connectivity index (χ1v) is 6.49. The van der Waals surface area contributed by atoms with Gasteiger partial charge < -0.3 is 5.32 Å². The van der Waals surface area contributed by atoms with Crippen molar-refractivity contribution in [2.45, 2.75) is 39.2 Å². The Balaban J connectivity index is 2.83. The van der Waals surface area contributed by atoms with Crippen molar-refractivity contribution in [1.29, 1.82) is 0 Å². The van der Waals surface area contributed by atoms with E-state index in [-0.39, 0.29) is 0 Å². The normalized spacial score (nSPS) is 12.1. The van der Waals surface area contributed by atoms with Crippen LogP contribution in [-0.4, -0.2) is 6.54 Å². The van der Waals surface area contributed by atoms with Gasteiger partial charge in [0.05, 0.1) is 0 Å². The molecule has 1 unspecified atom stereocenters. The monoisotopic (exact) mass is 249 g/mol. The summed E-state index contributed by atoms with van der Waals surface area (Å²) in [7, 11) is 0. The van der Waals surface area contributed by atoms with Crippen LogP contribution in [0.3, 0.4) is 0 Å². The molecule has 0 bridgehead atoms. The van der Waals surface area contributed by atoms with E-state index in [1.54, 1.807) is 0 Å². The zero-order valence-corrected chi connectivity index (χ0v) is 11.3. The standard InChI is InChI=1S/C15H20ClN/c1-4-6-7-15(17-8-5-2)13-9-12(3)10-14(16)11-13/h1,9-11,15,17H,5-8H2,2-3H3.